The van der Waals surface area contributed by atoms with Gasteiger partial charge in [-0.3, -0.25) is 14.9 Å². The Morgan fingerprint density at radius 2 is 1.79 bits per heavy atom. The normalized spacial score (nSPS) is 11.2. The fraction of sp³-hybridized carbons (Fsp3) is 0.115. The third-order valence-electron chi connectivity index (χ3n) is 5.79. The highest BCUT2D eigenvalue weighted by molar-refractivity contribution is 6.33. The number of aromatic nitrogens is 4. The molecule has 5 rings (SSSR count). The van der Waals surface area contributed by atoms with Crippen molar-refractivity contribution >= 4 is 34.0 Å². The maximum atomic E-state index is 13.2. The molecule has 0 amide bonds. The monoisotopic (exact) mass is 455 g/mol. The van der Waals surface area contributed by atoms with E-state index in [2.05, 4.69) is 20.5 Å². The summed E-state index contributed by atoms with van der Waals surface area (Å²) in [5, 5.41) is 12.3. The number of H-pyrrole nitrogens is 1. The number of benzene rings is 2. The SMILES string of the molecule is Cc1cc2c(cn1)cc(-c1cc(Nc3cc(-c4ccccc4Cl)[nH]n3)ccc1C)c(=O)n2C. The second kappa shape index (κ2) is 8.22. The van der Waals surface area contributed by atoms with E-state index in [1.165, 1.54) is 0 Å². The number of anilines is 2. The van der Waals surface area contributed by atoms with Gasteiger partial charge < -0.3 is 9.88 Å². The number of halogens is 1. The van der Waals surface area contributed by atoms with Crippen LogP contribution in [0.2, 0.25) is 5.02 Å². The van der Waals surface area contributed by atoms with Crippen LogP contribution >= 0.6 is 11.6 Å². The van der Waals surface area contributed by atoms with Crippen molar-refractivity contribution in [3.8, 4) is 22.4 Å². The van der Waals surface area contributed by atoms with Crippen LogP contribution in [0.5, 0.6) is 0 Å². The molecule has 0 aliphatic heterocycles. The second-order valence-electron chi connectivity index (χ2n) is 8.11. The number of aryl methyl sites for hydroxylation is 3. The number of hydrogen-bond acceptors (Lipinski definition) is 4. The molecule has 164 valence electrons. The first-order chi connectivity index (χ1) is 15.9. The second-order valence-corrected chi connectivity index (χ2v) is 8.52. The predicted molar refractivity (Wildman–Crippen MR) is 134 cm³/mol. The highest BCUT2D eigenvalue weighted by atomic mass is 35.5. The van der Waals surface area contributed by atoms with Crippen molar-refractivity contribution < 1.29 is 0 Å². The lowest BCUT2D eigenvalue weighted by Gasteiger charge is -2.13. The van der Waals surface area contributed by atoms with Crippen LogP contribution in [0, 0.1) is 13.8 Å². The lowest BCUT2D eigenvalue weighted by Crippen LogP contribution is -2.19. The van der Waals surface area contributed by atoms with Gasteiger partial charge in [-0.15, -0.1) is 0 Å². The van der Waals surface area contributed by atoms with Gasteiger partial charge in [-0.05, 0) is 55.3 Å². The number of nitrogens with one attached hydrogen (secondary N) is 2. The summed E-state index contributed by atoms with van der Waals surface area (Å²) in [6, 6.07) is 19.3. The Morgan fingerprint density at radius 1 is 0.970 bits per heavy atom. The number of pyridine rings is 2. The summed E-state index contributed by atoms with van der Waals surface area (Å²) in [6.07, 6.45) is 1.81. The predicted octanol–water partition coefficient (Wildman–Crippen LogP) is 6.00. The van der Waals surface area contributed by atoms with Gasteiger partial charge in [0.25, 0.3) is 5.56 Å². The van der Waals surface area contributed by atoms with E-state index in [4.69, 9.17) is 11.6 Å². The molecule has 0 bridgehead atoms. The van der Waals surface area contributed by atoms with Gasteiger partial charge in [0.05, 0.1) is 11.2 Å². The van der Waals surface area contributed by atoms with Gasteiger partial charge in [0.1, 0.15) is 0 Å². The molecule has 6 nitrogen and oxygen atoms in total. The van der Waals surface area contributed by atoms with Crippen molar-refractivity contribution in [2.45, 2.75) is 13.8 Å². The molecule has 0 unspecified atom stereocenters. The van der Waals surface area contributed by atoms with E-state index in [0.29, 0.717) is 16.4 Å². The Kier molecular flexibility index (Phi) is 5.23. The zero-order chi connectivity index (χ0) is 23.1. The average Bonchev–Trinajstić information content (AvgIpc) is 3.26. The smallest absolute Gasteiger partial charge is 0.258 e. The number of nitrogens with zero attached hydrogens (tertiary/aromatic N) is 3. The first kappa shape index (κ1) is 21.0. The van der Waals surface area contributed by atoms with Gasteiger partial charge in [-0.1, -0.05) is 35.9 Å². The maximum Gasteiger partial charge on any atom is 0.258 e. The minimum atomic E-state index is -0.0471. The third kappa shape index (κ3) is 3.90. The molecule has 0 spiro atoms. The van der Waals surface area contributed by atoms with Crippen LogP contribution < -0.4 is 10.9 Å². The summed E-state index contributed by atoms with van der Waals surface area (Å²) in [4.78, 5) is 17.6. The van der Waals surface area contributed by atoms with E-state index in [0.717, 1.165) is 44.7 Å². The molecule has 2 aromatic carbocycles. The average molecular weight is 456 g/mol. The topological polar surface area (TPSA) is 75.6 Å². The summed E-state index contributed by atoms with van der Waals surface area (Å²) in [6.45, 7) is 3.92. The standard InChI is InChI=1S/C26H22ClN5O/c1-15-8-9-18(29-25-13-23(30-31-25)19-6-4-5-7-22(19)27)12-20(15)21-11-17-14-28-16(2)10-24(17)32(3)26(21)33/h4-14H,1-3H3,(H2,29,30,31). The van der Waals surface area contributed by atoms with Gasteiger partial charge in [-0.2, -0.15) is 5.10 Å². The number of aromatic amines is 1. The van der Waals surface area contributed by atoms with Crippen molar-refractivity contribution in [3.05, 3.63) is 93.5 Å². The summed E-state index contributed by atoms with van der Waals surface area (Å²) < 4.78 is 1.68. The first-order valence-electron chi connectivity index (χ1n) is 10.6. The van der Waals surface area contributed by atoms with E-state index in [1.807, 2.05) is 80.7 Å². The van der Waals surface area contributed by atoms with E-state index in [1.54, 1.807) is 11.6 Å². The lowest BCUT2D eigenvalue weighted by molar-refractivity contribution is 0.905. The highest BCUT2D eigenvalue weighted by Crippen LogP contribution is 2.30. The number of fused-ring (bicyclic) bond motifs is 1. The minimum Gasteiger partial charge on any atom is -0.339 e. The zero-order valence-corrected chi connectivity index (χ0v) is 19.2. The molecule has 3 heterocycles. The van der Waals surface area contributed by atoms with E-state index >= 15 is 0 Å². The van der Waals surface area contributed by atoms with Crippen LogP contribution in [0.25, 0.3) is 33.3 Å². The molecule has 2 N–H and O–H groups in total. The first-order valence-corrected chi connectivity index (χ1v) is 10.9. The van der Waals surface area contributed by atoms with E-state index < -0.39 is 0 Å². The molecular formula is C26H22ClN5O. The summed E-state index contributed by atoms with van der Waals surface area (Å²) in [5.74, 6) is 0.658. The molecule has 0 fully saturated rings. The molecule has 3 aromatic heterocycles. The largest absolute Gasteiger partial charge is 0.339 e. The van der Waals surface area contributed by atoms with Crippen LogP contribution in [-0.4, -0.2) is 19.7 Å². The molecule has 0 atom stereocenters. The van der Waals surface area contributed by atoms with Gasteiger partial charge in [0.2, 0.25) is 0 Å². The molecular weight excluding hydrogens is 434 g/mol. The molecule has 0 saturated heterocycles. The molecule has 33 heavy (non-hydrogen) atoms. The number of hydrogen-bond donors (Lipinski definition) is 2. The van der Waals surface area contributed by atoms with Crippen LogP contribution in [0.4, 0.5) is 11.5 Å². The zero-order valence-electron chi connectivity index (χ0n) is 18.5. The van der Waals surface area contributed by atoms with Gasteiger partial charge >= 0.3 is 0 Å². The third-order valence-corrected chi connectivity index (χ3v) is 6.12. The maximum absolute atomic E-state index is 13.2. The van der Waals surface area contributed by atoms with Crippen molar-refractivity contribution in [2.75, 3.05) is 5.32 Å². The Balaban J connectivity index is 1.52. The Morgan fingerprint density at radius 3 is 2.61 bits per heavy atom. The Bertz CT molecular complexity index is 1570. The fourth-order valence-electron chi connectivity index (χ4n) is 4.00. The van der Waals surface area contributed by atoms with Crippen LogP contribution in [0.3, 0.4) is 0 Å². The van der Waals surface area contributed by atoms with Crippen LogP contribution in [0.15, 0.2) is 71.7 Å². The van der Waals surface area contributed by atoms with Crippen LogP contribution in [-0.2, 0) is 7.05 Å². The Labute approximate surface area is 195 Å². The van der Waals surface area contributed by atoms with Gasteiger partial charge in [0, 0.05) is 52.2 Å². The molecule has 7 heteroatoms. The van der Waals surface area contributed by atoms with Gasteiger partial charge in [0.15, 0.2) is 5.82 Å². The van der Waals surface area contributed by atoms with Crippen molar-refractivity contribution in [1.29, 1.82) is 0 Å². The van der Waals surface area contributed by atoms with Crippen molar-refractivity contribution in [3.63, 3.8) is 0 Å². The van der Waals surface area contributed by atoms with Crippen molar-refractivity contribution in [2.24, 2.45) is 7.05 Å². The number of rotatable bonds is 4. The fourth-order valence-corrected chi connectivity index (χ4v) is 4.24. The molecule has 0 saturated carbocycles. The summed E-state index contributed by atoms with van der Waals surface area (Å²) >= 11 is 6.31. The molecule has 5 aromatic rings. The minimum absolute atomic E-state index is 0.0471. The summed E-state index contributed by atoms with van der Waals surface area (Å²) in [7, 11) is 1.80. The van der Waals surface area contributed by atoms with E-state index in [9.17, 15) is 4.79 Å². The molecule has 0 aliphatic rings. The van der Waals surface area contributed by atoms with Crippen molar-refractivity contribution in [1.82, 2.24) is 19.7 Å². The Hall–Kier alpha value is -3.90. The summed E-state index contributed by atoms with van der Waals surface area (Å²) in [5.41, 5.74) is 6.74. The lowest BCUT2D eigenvalue weighted by atomic mass is 9.99. The quantitative estimate of drug-likeness (QED) is 0.348. The molecule has 0 aliphatic carbocycles. The molecule has 0 radical (unpaired) electrons. The highest BCUT2D eigenvalue weighted by Gasteiger charge is 2.13. The van der Waals surface area contributed by atoms with E-state index in [-0.39, 0.29) is 5.56 Å². The van der Waals surface area contributed by atoms with Gasteiger partial charge in [-0.25, -0.2) is 0 Å². The van der Waals surface area contributed by atoms with Crippen LogP contribution in [0.1, 0.15) is 11.3 Å².